The molecule has 2 aromatic rings. The first-order chi connectivity index (χ1) is 9.22. The third kappa shape index (κ3) is 2.66. The van der Waals surface area contributed by atoms with Gasteiger partial charge in [0.2, 0.25) is 0 Å². The lowest BCUT2D eigenvalue weighted by Crippen LogP contribution is -2.14. The summed E-state index contributed by atoms with van der Waals surface area (Å²) in [5.74, 6) is 0. The van der Waals surface area contributed by atoms with Gasteiger partial charge >= 0.3 is 0 Å². The number of aromatic nitrogens is 2. The second-order valence-corrected chi connectivity index (χ2v) is 6.77. The molecule has 1 aromatic heterocycles. The highest BCUT2D eigenvalue weighted by atomic mass is 35.5. The minimum Gasteiger partial charge on any atom is -0.276 e. The third-order valence-corrected chi connectivity index (χ3v) is 4.95. The topological polar surface area (TPSA) is 64.0 Å². The highest BCUT2D eigenvalue weighted by Crippen LogP contribution is 2.27. The lowest BCUT2D eigenvalue weighted by atomic mass is 10.2. The molecule has 1 N–H and O–H groups in total. The Hall–Kier alpha value is -1.53. The summed E-state index contributed by atoms with van der Waals surface area (Å²) in [6.07, 6.45) is 0. The van der Waals surface area contributed by atoms with Crippen LogP contribution in [0.2, 0.25) is 5.02 Å². The fourth-order valence-corrected chi connectivity index (χ4v) is 3.71. The highest BCUT2D eigenvalue weighted by Gasteiger charge is 2.21. The van der Waals surface area contributed by atoms with Crippen molar-refractivity contribution in [1.82, 2.24) is 9.78 Å². The number of sulfonamides is 1. The molecule has 2 rings (SSSR count). The number of aryl methyl sites for hydroxylation is 3. The second kappa shape index (κ2) is 5.10. The quantitative estimate of drug-likeness (QED) is 0.947. The number of benzene rings is 1. The maximum Gasteiger partial charge on any atom is 0.263 e. The first kappa shape index (κ1) is 14.9. The van der Waals surface area contributed by atoms with Gasteiger partial charge in [-0.1, -0.05) is 17.7 Å². The van der Waals surface area contributed by atoms with Crippen LogP contribution in [-0.4, -0.2) is 18.2 Å². The van der Waals surface area contributed by atoms with Crippen LogP contribution >= 0.6 is 11.6 Å². The average molecular weight is 314 g/mol. The SMILES string of the molecule is Cc1ccc(S(=O)(=O)Nc2c(C)nn(C)c2C)c(Cl)c1. The standard InChI is InChI=1S/C13H16ClN3O2S/c1-8-5-6-12(11(14)7-8)20(18,19)16-13-9(2)15-17(4)10(13)3/h5-7,16H,1-4H3. The summed E-state index contributed by atoms with van der Waals surface area (Å²) in [5.41, 5.74) is 2.76. The fraction of sp³-hybridized carbons (Fsp3) is 0.308. The van der Waals surface area contributed by atoms with E-state index in [1.54, 1.807) is 37.7 Å². The summed E-state index contributed by atoms with van der Waals surface area (Å²) in [7, 11) is -1.96. The minimum absolute atomic E-state index is 0.0624. The molecule has 5 nitrogen and oxygen atoms in total. The van der Waals surface area contributed by atoms with Crippen LogP contribution in [-0.2, 0) is 17.1 Å². The molecule has 1 aromatic carbocycles. The van der Waals surface area contributed by atoms with Crippen LogP contribution in [0.25, 0.3) is 0 Å². The molecule has 0 radical (unpaired) electrons. The number of nitrogens with zero attached hydrogens (tertiary/aromatic N) is 2. The summed E-state index contributed by atoms with van der Waals surface area (Å²) >= 11 is 6.03. The van der Waals surface area contributed by atoms with E-state index < -0.39 is 10.0 Å². The Labute approximate surface area is 123 Å². The average Bonchev–Trinajstić information content (AvgIpc) is 2.55. The van der Waals surface area contributed by atoms with E-state index in [1.807, 2.05) is 6.92 Å². The van der Waals surface area contributed by atoms with Crippen LogP contribution in [0.5, 0.6) is 0 Å². The minimum atomic E-state index is -3.73. The molecule has 0 fully saturated rings. The van der Waals surface area contributed by atoms with Crippen molar-refractivity contribution in [2.45, 2.75) is 25.7 Å². The Morgan fingerprint density at radius 2 is 1.90 bits per heavy atom. The fourth-order valence-electron chi connectivity index (χ4n) is 1.93. The summed E-state index contributed by atoms with van der Waals surface area (Å²) in [6.45, 7) is 5.40. The Morgan fingerprint density at radius 3 is 2.40 bits per heavy atom. The number of rotatable bonds is 3. The zero-order valence-corrected chi connectivity index (χ0v) is 13.3. The van der Waals surface area contributed by atoms with Gasteiger partial charge in [-0.3, -0.25) is 9.40 Å². The van der Waals surface area contributed by atoms with E-state index in [9.17, 15) is 8.42 Å². The second-order valence-electron chi connectivity index (χ2n) is 4.71. The van der Waals surface area contributed by atoms with Crippen molar-refractivity contribution in [2.75, 3.05) is 4.72 Å². The molecule has 0 bridgehead atoms. The van der Waals surface area contributed by atoms with Crippen LogP contribution in [0, 0.1) is 20.8 Å². The van der Waals surface area contributed by atoms with E-state index in [0.29, 0.717) is 11.4 Å². The molecule has 0 saturated carbocycles. The van der Waals surface area contributed by atoms with Crippen molar-refractivity contribution < 1.29 is 8.42 Å². The number of nitrogens with one attached hydrogen (secondary N) is 1. The number of halogens is 1. The van der Waals surface area contributed by atoms with Crippen LogP contribution in [0.1, 0.15) is 17.0 Å². The Bertz CT molecular complexity index is 766. The summed E-state index contributed by atoms with van der Waals surface area (Å²) in [5, 5.41) is 4.39. The third-order valence-electron chi connectivity index (χ3n) is 3.12. The van der Waals surface area contributed by atoms with Crippen molar-refractivity contribution >= 4 is 27.3 Å². The molecule has 20 heavy (non-hydrogen) atoms. The van der Waals surface area contributed by atoms with Gasteiger partial charge in [-0.2, -0.15) is 5.10 Å². The lowest BCUT2D eigenvalue weighted by Gasteiger charge is -2.10. The molecule has 7 heteroatoms. The molecular formula is C13H16ClN3O2S. The monoisotopic (exact) mass is 313 g/mol. The summed E-state index contributed by atoms with van der Waals surface area (Å²) in [4.78, 5) is 0.0624. The molecule has 0 saturated heterocycles. The Balaban J connectivity index is 2.46. The van der Waals surface area contributed by atoms with E-state index in [0.717, 1.165) is 11.3 Å². The highest BCUT2D eigenvalue weighted by molar-refractivity contribution is 7.92. The van der Waals surface area contributed by atoms with Gasteiger partial charge in [-0.25, -0.2) is 8.42 Å². The normalized spacial score (nSPS) is 11.7. The van der Waals surface area contributed by atoms with E-state index in [1.165, 1.54) is 6.07 Å². The van der Waals surface area contributed by atoms with Gasteiger partial charge in [0.05, 0.1) is 22.1 Å². The maximum atomic E-state index is 12.4. The zero-order chi connectivity index (χ0) is 15.1. The van der Waals surface area contributed by atoms with E-state index in [2.05, 4.69) is 9.82 Å². The van der Waals surface area contributed by atoms with Gasteiger partial charge in [0.1, 0.15) is 4.90 Å². The van der Waals surface area contributed by atoms with Crippen LogP contribution in [0.3, 0.4) is 0 Å². The van der Waals surface area contributed by atoms with E-state index in [4.69, 9.17) is 11.6 Å². The van der Waals surface area contributed by atoms with Crippen LogP contribution in [0.15, 0.2) is 23.1 Å². The number of anilines is 1. The molecule has 0 spiro atoms. The Kier molecular flexibility index (Phi) is 3.80. The van der Waals surface area contributed by atoms with Crippen molar-refractivity contribution in [3.63, 3.8) is 0 Å². The van der Waals surface area contributed by atoms with E-state index >= 15 is 0 Å². The number of hydrogen-bond acceptors (Lipinski definition) is 3. The van der Waals surface area contributed by atoms with Gasteiger partial charge in [0.25, 0.3) is 10.0 Å². The molecule has 0 aliphatic carbocycles. The molecular weight excluding hydrogens is 298 g/mol. The lowest BCUT2D eigenvalue weighted by molar-refractivity contribution is 0.601. The predicted molar refractivity (Wildman–Crippen MR) is 79.7 cm³/mol. The van der Waals surface area contributed by atoms with Crippen molar-refractivity contribution in [1.29, 1.82) is 0 Å². The molecule has 1 heterocycles. The van der Waals surface area contributed by atoms with Crippen molar-refractivity contribution in [3.05, 3.63) is 40.2 Å². The van der Waals surface area contributed by atoms with Gasteiger partial charge < -0.3 is 0 Å². The zero-order valence-electron chi connectivity index (χ0n) is 11.7. The predicted octanol–water partition coefficient (Wildman–Crippen LogP) is 2.80. The molecule has 0 amide bonds. The largest absolute Gasteiger partial charge is 0.276 e. The van der Waals surface area contributed by atoms with Gasteiger partial charge in [0, 0.05) is 7.05 Å². The van der Waals surface area contributed by atoms with Crippen LogP contribution < -0.4 is 4.72 Å². The summed E-state index contributed by atoms with van der Waals surface area (Å²) in [6, 6.07) is 4.84. The van der Waals surface area contributed by atoms with Crippen LogP contribution in [0.4, 0.5) is 5.69 Å². The first-order valence-corrected chi connectivity index (χ1v) is 7.87. The van der Waals surface area contributed by atoms with Crippen molar-refractivity contribution in [2.24, 2.45) is 7.05 Å². The molecule has 0 aliphatic heterocycles. The first-order valence-electron chi connectivity index (χ1n) is 6.01. The smallest absolute Gasteiger partial charge is 0.263 e. The number of hydrogen-bond donors (Lipinski definition) is 1. The molecule has 108 valence electrons. The van der Waals surface area contributed by atoms with E-state index in [-0.39, 0.29) is 9.92 Å². The molecule has 0 aliphatic rings. The maximum absolute atomic E-state index is 12.4. The van der Waals surface area contributed by atoms with Gasteiger partial charge in [0.15, 0.2) is 0 Å². The van der Waals surface area contributed by atoms with Gasteiger partial charge in [-0.05, 0) is 38.5 Å². The molecule has 0 unspecified atom stereocenters. The summed E-state index contributed by atoms with van der Waals surface area (Å²) < 4.78 is 29.0. The molecule has 0 atom stereocenters. The Morgan fingerprint density at radius 1 is 1.25 bits per heavy atom. The van der Waals surface area contributed by atoms with Gasteiger partial charge in [-0.15, -0.1) is 0 Å². The van der Waals surface area contributed by atoms with Crippen molar-refractivity contribution in [3.8, 4) is 0 Å².